The molecule has 2 rings (SSSR count). The van der Waals surface area contributed by atoms with Gasteiger partial charge in [-0.3, -0.25) is 10.1 Å². The Labute approximate surface area is 97.4 Å². The second-order valence-corrected chi connectivity index (χ2v) is 5.04. The van der Waals surface area contributed by atoms with Crippen LogP contribution in [0.15, 0.2) is 6.20 Å². The first-order valence-electron chi connectivity index (χ1n) is 5.18. The van der Waals surface area contributed by atoms with Crippen LogP contribution in [0, 0.1) is 10.1 Å². The summed E-state index contributed by atoms with van der Waals surface area (Å²) in [5.41, 5.74) is 0. The van der Waals surface area contributed by atoms with Crippen LogP contribution in [-0.4, -0.2) is 35.1 Å². The van der Waals surface area contributed by atoms with Gasteiger partial charge >= 0.3 is 5.00 Å². The fourth-order valence-electron chi connectivity index (χ4n) is 1.76. The van der Waals surface area contributed by atoms with Crippen LogP contribution in [0.5, 0.6) is 0 Å². The van der Waals surface area contributed by atoms with E-state index in [1.807, 2.05) is 0 Å². The van der Waals surface area contributed by atoms with Gasteiger partial charge < -0.3 is 10.2 Å². The molecular formula is C9H14N4O2S. The molecule has 1 saturated heterocycles. The largest absolute Gasteiger partial charge is 0.345 e. The van der Waals surface area contributed by atoms with Crippen molar-refractivity contribution in [1.82, 2.24) is 10.3 Å². The molecule has 6 nitrogen and oxygen atoms in total. The van der Waals surface area contributed by atoms with Crippen molar-refractivity contribution in [2.45, 2.75) is 25.9 Å². The molecule has 1 fully saturated rings. The maximum atomic E-state index is 10.6. The molecule has 1 aliphatic heterocycles. The van der Waals surface area contributed by atoms with Crippen LogP contribution < -0.4 is 10.2 Å². The zero-order chi connectivity index (χ0) is 11.7. The second-order valence-electron chi connectivity index (χ2n) is 4.05. The molecule has 88 valence electrons. The molecule has 0 amide bonds. The van der Waals surface area contributed by atoms with Gasteiger partial charge in [-0.05, 0) is 25.2 Å². The van der Waals surface area contributed by atoms with E-state index in [4.69, 9.17) is 0 Å². The lowest BCUT2D eigenvalue weighted by atomic mass is 10.1. The molecule has 2 unspecified atom stereocenters. The first-order valence-corrected chi connectivity index (χ1v) is 6.00. The predicted molar refractivity (Wildman–Crippen MR) is 63.0 cm³/mol. The number of rotatable bonds is 2. The molecule has 0 aromatic carbocycles. The van der Waals surface area contributed by atoms with Crippen LogP contribution in [0.3, 0.4) is 0 Å². The Morgan fingerprint density at radius 3 is 3.06 bits per heavy atom. The van der Waals surface area contributed by atoms with Gasteiger partial charge in [0.1, 0.15) is 6.20 Å². The Morgan fingerprint density at radius 1 is 1.69 bits per heavy atom. The molecule has 0 aliphatic carbocycles. The van der Waals surface area contributed by atoms with Crippen molar-refractivity contribution in [2.24, 2.45) is 0 Å². The van der Waals surface area contributed by atoms with E-state index in [0.29, 0.717) is 12.1 Å². The summed E-state index contributed by atoms with van der Waals surface area (Å²) in [7, 11) is 0. The van der Waals surface area contributed by atoms with E-state index in [-0.39, 0.29) is 5.00 Å². The van der Waals surface area contributed by atoms with Crippen LogP contribution in [0.4, 0.5) is 10.1 Å². The fourth-order valence-corrected chi connectivity index (χ4v) is 2.61. The minimum Gasteiger partial charge on any atom is -0.342 e. The zero-order valence-corrected chi connectivity index (χ0v) is 10.0. The first-order chi connectivity index (χ1) is 7.58. The van der Waals surface area contributed by atoms with Gasteiger partial charge in [-0.1, -0.05) is 0 Å². The van der Waals surface area contributed by atoms with E-state index in [2.05, 4.69) is 29.0 Å². The summed E-state index contributed by atoms with van der Waals surface area (Å²) in [4.78, 5) is 16.4. The van der Waals surface area contributed by atoms with Gasteiger partial charge in [0.25, 0.3) is 0 Å². The lowest BCUT2D eigenvalue weighted by Crippen LogP contribution is -2.54. The van der Waals surface area contributed by atoms with Gasteiger partial charge in [-0.15, -0.1) is 0 Å². The second kappa shape index (κ2) is 4.34. The molecular weight excluding hydrogens is 228 g/mol. The van der Waals surface area contributed by atoms with Gasteiger partial charge in [-0.2, -0.15) is 0 Å². The third-order valence-corrected chi connectivity index (χ3v) is 3.66. The minimum atomic E-state index is -0.391. The summed E-state index contributed by atoms with van der Waals surface area (Å²) < 4.78 is 0. The van der Waals surface area contributed by atoms with E-state index >= 15 is 0 Å². The summed E-state index contributed by atoms with van der Waals surface area (Å²) in [6.45, 7) is 5.91. The summed E-state index contributed by atoms with van der Waals surface area (Å²) in [6.07, 6.45) is 1.33. The summed E-state index contributed by atoms with van der Waals surface area (Å²) in [5.74, 6) is 0. The molecule has 0 radical (unpaired) electrons. The number of anilines is 1. The smallest absolute Gasteiger partial charge is 0.342 e. The Bertz CT molecular complexity index is 395. The lowest BCUT2D eigenvalue weighted by molar-refractivity contribution is -0.380. The molecule has 0 spiro atoms. The molecule has 0 saturated carbocycles. The Balaban J connectivity index is 2.18. The van der Waals surface area contributed by atoms with Crippen molar-refractivity contribution < 1.29 is 4.92 Å². The van der Waals surface area contributed by atoms with Crippen LogP contribution in [0.1, 0.15) is 13.8 Å². The molecule has 0 bridgehead atoms. The Hall–Kier alpha value is -1.21. The highest BCUT2D eigenvalue weighted by atomic mass is 32.1. The average Bonchev–Trinajstić information content (AvgIpc) is 2.70. The number of piperazine rings is 1. The number of nitro groups is 1. The van der Waals surface area contributed by atoms with Crippen LogP contribution in [0.2, 0.25) is 0 Å². The molecule has 16 heavy (non-hydrogen) atoms. The minimum absolute atomic E-state index is 0.105. The number of aromatic nitrogens is 1. The predicted octanol–water partition coefficient (Wildman–Crippen LogP) is 1.24. The number of nitrogens with zero attached hydrogens (tertiary/aromatic N) is 3. The maximum Gasteiger partial charge on any atom is 0.345 e. The molecule has 2 heterocycles. The van der Waals surface area contributed by atoms with E-state index in [1.54, 1.807) is 0 Å². The summed E-state index contributed by atoms with van der Waals surface area (Å²) in [6, 6.07) is 0.709. The van der Waals surface area contributed by atoms with E-state index in [1.165, 1.54) is 6.20 Å². The van der Waals surface area contributed by atoms with Crippen molar-refractivity contribution in [3.63, 3.8) is 0 Å². The molecule has 1 aromatic rings. The molecule has 1 N–H and O–H groups in total. The maximum absolute atomic E-state index is 10.6. The summed E-state index contributed by atoms with van der Waals surface area (Å²) in [5, 5.41) is 14.8. The third-order valence-electron chi connectivity index (χ3n) is 2.67. The zero-order valence-electron chi connectivity index (χ0n) is 9.21. The normalized spacial score (nSPS) is 25.8. The Morgan fingerprint density at radius 2 is 2.44 bits per heavy atom. The fraction of sp³-hybridized carbons (Fsp3) is 0.667. The van der Waals surface area contributed by atoms with Gasteiger partial charge in [0, 0.05) is 25.2 Å². The van der Waals surface area contributed by atoms with Crippen LogP contribution >= 0.6 is 11.3 Å². The van der Waals surface area contributed by atoms with Crippen molar-refractivity contribution >= 4 is 21.5 Å². The van der Waals surface area contributed by atoms with Crippen molar-refractivity contribution in [3.8, 4) is 0 Å². The molecule has 2 atom stereocenters. The van der Waals surface area contributed by atoms with Crippen LogP contribution in [0.25, 0.3) is 0 Å². The number of hydrogen-bond donors (Lipinski definition) is 1. The number of thiazole rings is 1. The van der Waals surface area contributed by atoms with Gasteiger partial charge in [-0.25, -0.2) is 4.98 Å². The summed E-state index contributed by atoms with van der Waals surface area (Å²) >= 11 is 1.14. The van der Waals surface area contributed by atoms with Gasteiger partial charge in [0.05, 0.1) is 4.92 Å². The Kier molecular flexibility index (Phi) is 3.06. The molecule has 1 aromatic heterocycles. The SMILES string of the molecule is CC1CN(c2ncc([N+](=O)[O-])s2)C(C)CN1. The topological polar surface area (TPSA) is 71.3 Å². The molecule has 7 heteroatoms. The number of hydrogen-bond acceptors (Lipinski definition) is 6. The average molecular weight is 242 g/mol. The van der Waals surface area contributed by atoms with Crippen molar-refractivity contribution in [3.05, 3.63) is 16.3 Å². The van der Waals surface area contributed by atoms with Crippen LogP contribution in [-0.2, 0) is 0 Å². The quantitative estimate of drug-likeness (QED) is 0.624. The monoisotopic (exact) mass is 242 g/mol. The van der Waals surface area contributed by atoms with E-state index in [9.17, 15) is 10.1 Å². The third kappa shape index (κ3) is 2.14. The van der Waals surface area contributed by atoms with Gasteiger partial charge in [0.15, 0.2) is 5.13 Å². The standard InChI is InChI=1S/C9H14N4O2S/c1-6-5-12(7(2)3-10-6)9-11-4-8(16-9)13(14)15/h4,6-7,10H,3,5H2,1-2H3. The van der Waals surface area contributed by atoms with E-state index < -0.39 is 4.92 Å². The van der Waals surface area contributed by atoms with Crippen molar-refractivity contribution in [1.29, 1.82) is 0 Å². The highest BCUT2D eigenvalue weighted by Gasteiger charge is 2.26. The van der Waals surface area contributed by atoms with E-state index in [0.717, 1.165) is 29.6 Å². The van der Waals surface area contributed by atoms with Crippen molar-refractivity contribution in [2.75, 3.05) is 18.0 Å². The highest BCUT2D eigenvalue weighted by molar-refractivity contribution is 7.18. The molecule has 1 aliphatic rings. The highest BCUT2D eigenvalue weighted by Crippen LogP contribution is 2.30. The van der Waals surface area contributed by atoms with Gasteiger partial charge in [0.2, 0.25) is 0 Å². The lowest BCUT2D eigenvalue weighted by Gasteiger charge is -2.37. The first kappa shape index (κ1) is 11.3. The number of nitrogens with one attached hydrogen (secondary N) is 1.